The van der Waals surface area contributed by atoms with Crippen molar-refractivity contribution >= 4 is 0 Å². The highest BCUT2D eigenvalue weighted by Crippen LogP contribution is 2.18. The van der Waals surface area contributed by atoms with Crippen molar-refractivity contribution in [2.45, 2.75) is 25.4 Å². The van der Waals surface area contributed by atoms with Gasteiger partial charge in [-0.1, -0.05) is 0 Å². The van der Waals surface area contributed by atoms with Crippen LogP contribution in [0, 0.1) is 5.92 Å². The lowest BCUT2D eigenvalue weighted by molar-refractivity contribution is 0.183. The van der Waals surface area contributed by atoms with Gasteiger partial charge in [0.1, 0.15) is 0 Å². The van der Waals surface area contributed by atoms with Gasteiger partial charge in [0.25, 0.3) is 0 Å². The topological polar surface area (TPSA) is 73.3 Å². The third-order valence-corrected chi connectivity index (χ3v) is 3.12. The van der Waals surface area contributed by atoms with Crippen molar-refractivity contribution < 1.29 is 9.84 Å². The largest absolute Gasteiger partial charge is 0.394 e. The van der Waals surface area contributed by atoms with Gasteiger partial charge in [-0.3, -0.25) is 0 Å². The Kier molecular flexibility index (Phi) is 3.93. The third kappa shape index (κ3) is 2.61. The van der Waals surface area contributed by atoms with Crippen LogP contribution in [0.1, 0.15) is 24.6 Å². The maximum absolute atomic E-state index is 9.02. The molecular formula is C11H19N3O2. The summed E-state index contributed by atoms with van der Waals surface area (Å²) in [4.78, 5) is 4.08. The first-order valence-corrected chi connectivity index (χ1v) is 5.75. The molecule has 3 N–H and O–H groups in total. The van der Waals surface area contributed by atoms with Crippen LogP contribution in [0.4, 0.5) is 0 Å². The second kappa shape index (κ2) is 5.43. The second-order valence-corrected chi connectivity index (χ2v) is 4.32. The Balaban J connectivity index is 1.90. The van der Waals surface area contributed by atoms with Crippen molar-refractivity contribution in [3.8, 4) is 0 Å². The molecule has 0 saturated carbocycles. The van der Waals surface area contributed by atoms with Crippen LogP contribution in [0.3, 0.4) is 0 Å². The Labute approximate surface area is 95.2 Å². The Bertz CT molecular complexity index is 321. The van der Waals surface area contributed by atoms with Crippen LogP contribution in [0.15, 0.2) is 12.5 Å². The summed E-state index contributed by atoms with van der Waals surface area (Å²) in [6, 6.07) is -0.331. The summed E-state index contributed by atoms with van der Waals surface area (Å²) >= 11 is 0. The maximum Gasteiger partial charge on any atom is 0.0948 e. The molecule has 0 spiro atoms. The van der Waals surface area contributed by atoms with E-state index in [0.717, 1.165) is 38.3 Å². The molecule has 0 amide bonds. The fraction of sp³-hybridized carbons (Fsp3) is 0.727. The van der Waals surface area contributed by atoms with Crippen molar-refractivity contribution in [3.63, 3.8) is 0 Å². The van der Waals surface area contributed by atoms with Gasteiger partial charge in [0, 0.05) is 26.0 Å². The van der Waals surface area contributed by atoms with Gasteiger partial charge < -0.3 is 20.1 Å². The van der Waals surface area contributed by atoms with E-state index in [4.69, 9.17) is 15.6 Å². The van der Waals surface area contributed by atoms with E-state index in [0.29, 0.717) is 5.92 Å². The van der Waals surface area contributed by atoms with Crippen molar-refractivity contribution in [1.29, 1.82) is 0 Å². The van der Waals surface area contributed by atoms with Crippen molar-refractivity contribution in [1.82, 2.24) is 9.55 Å². The van der Waals surface area contributed by atoms with Gasteiger partial charge in [0.15, 0.2) is 0 Å². The van der Waals surface area contributed by atoms with Gasteiger partial charge >= 0.3 is 0 Å². The number of aromatic nitrogens is 2. The van der Waals surface area contributed by atoms with E-state index in [-0.39, 0.29) is 12.6 Å². The summed E-state index contributed by atoms with van der Waals surface area (Å²) in [5.41, 5.74) is 6.69. The Morgan fingerprint density at radius 3 is 3.25 bits per heavy atom. The monoisotopic (exact) mass is 225 g/mol. The molecule has 2 atom stereocenters. The number of rotatable bonds is 5. The zero-order chi connectivity index (χ0) is 11.4. The first-order valence-electron chi connectivity index (χ1n) is 5.75. The standard InChI is InChI=1S/C11H19N3O2/c12-10(6-15)11-5-13-8-14(11)3-1-9-2-4-16-7-9/h5,8-10,15H,1-4,6-7,12H2. The van der Waals surface area contributed by atoms with Gasteiger partial charge in [-0.05, 0) is 18.8 Å². The number of hydrogen-bond acceptors (Lipinski definition) is 4. The van der Waals surface area contributed by atoms with Crippen LogP contribution < -0.4 is 5.73 Å². The fourth-order valence-corrected chi connectivity index (χ4v) is 2.05. The van der Waals surface area contributed by atoms with Crippen LogP contribution in [0.5, 0.6) is 0 Å². The molecule has 2 heterocycles. The third-order valence-electron chi connectivity index (χ3n) is 3.12. The van der Waals surface area contributed by atoms with Crippen molar-refractivity contribution in [2.24, 2.45) is 11.7 Å². The van der Waals surface area contributed by atoms with Crippen LogP contribution in [0.25, 0.3) is 0 Å². The van der Waals surface area contributed by atoms with Gasteiger partial charge in [-0.2, -0.15) is 0 Å². The van der Waals surface area contributed by atoms with E-state index in [2.05, 4.69) is 4.98 Å². The molecule has 1 saturated heterocycles. The lowest BCUT2D eigenvalue weighted by Gasteiger charge is -2.14. The molecule has 1 aromatic heterocycles. The van der Waals surface area contributed by atoms with Gasteiger partial charge in [-0.25, -0.2) is 4.98 Å². The summed E-state index contributed by atoms with van der Waals surface area (Å²) < 4.78 is 7.36. The molecule has 1 aliphatic rings. The minimum absolute atomic E-state index is 0.0434. The van der Waals surface area contributed by atoms with E-state index in [1.807, 2.05) is 4.57 Å². The number of ether oxygens (including phenoxy) is 1. The molecule has 1 fully saturated rings. The lowest BCUT2D eigenvalue weighted by Crippen LogP contribution is -2.19. The van der Waals surface area contributed by atoms with Crippen molar-refractivity contribution in [3.05, 3.63) is 18.2 Å². The highest BCUT2D eigenvalue weighted by molar-refractivity contribution is 5.04. The molecule has 2 rings (SSSR count). The predicted molar refractivity (Wildman–Crippen MR) is 59.8 cm³/mol. The molecule has 0 aromatic carbocycles. The predicted octanol–water partition coefficient (Wildman–Crippen LogP) is 0.302. The number of hydrogen-bond donors (Lipinski definition) is 2. The highest BCUT2D eigenvalue weighted by Gasteiger charge is 2.16. The number of nitrogens with zero attached hydrogens (tertiary/aromatic N) is 2. The molecule has 0 bridgehead atoms. The van der Waals surface area contributed by atoms with Gasteiger partial charge in [0.05, 0.1) is 24.7 Å². The summed E-state index contributed by atoms with van der Waals surface area (Å²) in [5.74, 6) is 0.653. The first kappa shape index (κ1) is 11.6. The smallest absolute Gasteiger partial charge is 0.0948 e. The number of aliphatic hydroxyl groups is 1. The van der Waals surface area contributed by atoms with Crippen LogP contribution in [0.2, 0.25) is 0 Å². The maximum atomic E-state index is 9.02. The zero-order valence-corrected chi connectivity index (χ0v) is 9.38. The van der Waals surface area contributed by atoms with Crippen LogP contribution in [-0.2, 0) is 11.3 Å². The molecule has 1 aliphatic heterocycles. The molecular weight excluding hydrogens is 206 g/mol. The lowest BCUT2D eigenvalue weighted by atomic mass is 10.1. The number of aliphatic hydroxyl groups excluding tert-OH is 1. The van der Waals surface area contributed by atoms with Crippen molar-refractivity contribution in [2.75, 3.05) is 19.8 Å². The van der Waals surface area contributed by atoms with Gasteiger partial charge in [0.2, 0.25) is 0 Å². The average molecular weight is 225 g/mol. The Morgan fingerprint density at radius 1 is 1.69 bits per heavy atom. The normalized spacial score (nSPS) is 22.5. The average Bonchev–Trinajstić information content (AvgIpc) is 2.96. The highest BCUT2D eigenvalue weighted by atomic mass is 16.5. The summed E-state index contributed by atoms with van der Waals surface area (Å²) in [7, 11) is 0. The quantitative estimate of drug-likeness (QED) is 0.756. The Morgan fingerprint density at radius 2 is 2.56 bits per heavy atom. The first-order chi connectivity index (χ1) is 7.81. The molecule has 90 valence electrons. The summed E-state index contributed by atoms with van der Waals surface area (Å²) in [6.07, 6.45) is 5.74. The second-order valence-electron chi connectivity index (χ2n) is 4.32. The number of aryl methyl sites for hydroxylation is 1. The summed E-state index contributed by atoms with van der Waals surface area (Å²) in [5, 5.41) is 9.02. The minimum Gasteiger partial charge on any atom is -0.394 e. The number of nitrogens with two attached hydrogens (primary N) is 1. The molecule has 16 heavy (non-hydrogen) atoms. The molecule has 1 aromatic rings. The Hall–Kier alpha value is -0.910. The van der Waals surface area contributed by atoms with E-state index < -0.39 is 0 Å². The SMILES string of the molecule is NC(CO)c1cncn1CCC1CCOC1. The van der Waals surface area contributed by atoms with E-state index >= 15 is 0 Å². The molecule has 5 nitrogen and oxygen atoms in total. The molecule has 0 radical (unpaired) electrons. The fourth-order valence-electron chi connectivity index (χ4n) is 2.05. The van der Waals surface area contributed by atoms with E-state index in [9.17, 15) is 0 Å². The molecule has 5 heteroatoms. The summed E-state index contributed by atoms with van der Waals surface area (Å²) in [6.45, 7) is 2.61. The van der Waals surface area contributed by atoms with Gasteiger partial charge in [-0.15, -0.1) is 0 Å². The van der Waals surface area contributed by atoms with Crippen LogP contribution in [-0.4, -0.2) is 34.5 Å². The van der Waals surface area contributed by atoms with E-state index in [1.54, 1.807) is 12.5 Å². The zero-order valence-electron chi connectivity index (χ0n) is 9.38. The molecule has 0 aliphatic carbocycles. The molecule has 2 unspecified atom stereocenters. The number of imidazole rings is 1. The van der Waals surface area contributed by atoms with E-state index in [1.165, 1.54) is 0 Å². The van der Waals surface area contributed by atoms with Crippen LogP contribution >= 0.6 is 0 Å². The minimum atomic E-state index is -0.331.